The van der Waals surface area contributed by atoms with Crippen molar-refractivity contribution in [2.75, 3.05) is 0 Å². The predicted molar refractivity (Wildman–Crippen MR) is 68.9 cm³/mol. The van der Waals surface area contributed by atoms with Gasteiger partial charge in [-0.3, -0.25) is 0 Å². The minimum Gasteiger partial charge on any atom is -0.320 e. The van der Waals surface area contributed by atoms with E-state index in [1.54, 1.807) is 0 Å². The van der Waals surface area contributed by atoms with Gasteiger partial charge in [0.1, 0.15) is 5.82 Å². The zero-order valence-corrected chi connectivity index (χ0v) is 10.8. The van der Waals surface area contributed by atoms with Crippen LogP contribution in [0.5, 0.6) is 0 Å². The Bertz CT molecular complexity index is 625. The quantitative estimate of drug-likeness (QED) is 0.810. The fourth-order valence-electron chi connectivity index (χ4n) is 1.84. The molecule has 2 aromatic rings. The number of rotatable bonds is 2. The van der Waals surface area contributed by atoms with Crippen molar-refractivity contribution >= 4 is 11.6 Å². The van der Waals surface area contributed by atoms with Gasteiger partial charge in [-0.25, -0.2) is 4.39 Å². The molecule has 1 nitrogen and oxygen atoms in total. The van der Waals surface area contributed by atoms with Crippen molar-refractivity contribution in [1.29, 1.82) is 0 Å². The summed E-state index contributed by atoms with van der Waals surface area (Å²) in [5.41, 5.74) is 5.53. The van der Waals surface area contributed by atoms with Gasteiger partial charge in [0.15, 0.2) is 0 Å². The zero-order chi connectivity index (χ0) is 14.9. The fraction of sp³-hybridized carbons (Fsp3) is 0.143. The van der Waals surface area contributed by atoms with Crippen molar-refractivity contribution in [2.24, 2.45) is 5.73 Å². The monoisotopic (exact) mass is 303 g/mol. The van der Waals surface area contributed by atoms with Crippen molar-refractivity contribution < 1.29 is 17.6 Å². The number of nitrogens with two attached hydrogens (primary N) is 1. The Morgan fingerprint density at radius 1 is 1.05 bits per heavy atom. The maximum atomic E-state index is 13.2. The average Bonchev–Trinajstić information content (AvgIpc) is 2.40. The van der Waals surface area contributed by atoms with Gasteiger partial charge in [-0.1, -0.05) is 23.7 Å². The lowest BCUT2D eigenvalue weighted by Crippen LogP contribution is -2.14. The number of halogens is 5. The number of hydrogen-bond acceptors (Lipinski definition) is 1. The minimum absolute atomic E-state index is 0.205. The van der Waals surface area contributed by atoms with E-state index < -0.39 is 23.6 Å². The van der Waals surface area contributed by atoms with Crippen molar-refractivity contribution in [3.63, 3.8) is 0 Å². The largest absolute Gasteiger partial charge is 0.416 e. The number of benzene rings is 2. The van der Waals surface area contributed by atoms with Crippen LogP contribution < -0.4 is 5.73 Å². The summed E-state index contributed by atoms with van der Waals surface area (Å²) < 4.78 is 51.1. The van der Waals surface area contributed by atoms with Crippen LogP contribution in [0.1, 0.15) is 22.7 Å². The first-order valence-corrected chi connectivity index (χ1v) is 6.04. The summed E-state index contributed by atoms with van der Waals surface area (Å²) in [6, 6.07) is 7.25. The number of alkyl halides is 3. The van der Waals surface area contributed by atoms with Crippen molar-refractivity contribution in [2.45, 2.75) is 12.2 Å². The molecule has 106 valence electrons. The molecule has 0 radical (unpaired) electrons. The molecule has 0 saturated heterocycles. The van der Waals surface area contributed by atoms with Crippen LogP contribution in [0.25, 0.3) is 0 Å². The van der Waals surface area contributed by atoms with Gasteiger partial charge in [-0.2, -0.15) is 13.2 Å². The van der Waals surface area contributed by atoms with Gasteiger partial charge in [0.25, 0.3) is 0 Å². The van der Waals surface area contributed by atoms with Gasteiger partial charge in [-0.05, 0) is 41.5 Å². The lowest BCUT2D eigenvalue weighted by atomic mass is 9.97. The maximum absolute atomic E-state index is 13.2. The lowest BCUT2D eigenvalue weighted by Gasteiger charge is -2.16. The molecule has 2 aromatic carbocycles. The molecule has 0 aliphatic heterocycles. The average molecular weight is 304 g/mol. The van der Waals surface area contributed by atoms with Gasteiger partial charge in [0, 0.05) is 5.02 Å². The predicted octanol–water partition coefficient (Wildman–Crippen LogP) is 4.55. The van der Waals surface area contributed by atoms with E-state index in [2.05, 4.69) is 0 Å². The molecular weight excluding hydrogens is 294 g/mol. The fourth-order valence-corrected chi connectivity index (χ4v) is 2.08. The third-order valence-corrected chi connectivity index (χ3v) is 3.21. The van der Waals surface area contributed by atoms with E-state index in [0.29, 0.717) is 0 Å². The third kappa shape index (κ3) is 3.11. The molecule has 1 unspecified atom stereocenters. The van der Waals surface area contributed by atoms with E-state index in [1.165, 1.54) is 18.2 Å². The molecule has 0 aromatic heterocycles. The van der Waals surface area contributed by atoms with Crippen molar-refractivity contribution in [1.82, 2.24) is 0 Å². The molecule has 1 atom stereocenters. The first-order valence-electron chi connectivity index (χ1n) is 5.66. The van der Waals surface area contributed by atoms with E-state index in [-0.39, 0.29) is 16.1 Å². The molecule has 0 heterocycles. The highest BCUT2D eigenvalue weighted by atomic mass is 35.5. The SMILES string of the molecule is NC(c1cccc(C(F)(F)F)c1)c1cc(F)ccc1Cl. The molecule has 2 N–H and O–H groups in total. The van der Waals surface area contributed by atoms with Gasteiger partial charge >= 0.3 is 6.18 Å². The van der Waals surface area contributed by atoms with Crippen molar-refractivity contribution in [3.8, 4) is 0 Å². The molecule has 2 rings (SSSR count). The summed E-state index contributed by atoms with van der Waals surface area (Å²) in [5.74, 6) is -0.549. The summed E-state index contributed by atoms with van der Waals surface area (Å²) in [5, 5.41) is 0.205. The highest BCUT2D eigenvalue weighted by molar-refractivity contribution is 6.31. The molecule has 0 aliphatic carbocycles. The summed E-state index contributed by atoms with van der Waals surface area (Å²) in [4.78, 5) is 0. The van der Waals surface area contributed by atoms with E-state index in [9.17, 15) is 17.6 Å². The first-order chi connectivity index (χ1) is 9.29. The summed E-state index contributed by atoms with van der Waals surface area (Å²) in [7, 11) is 0. The highest BCUT2D eigenvalue weighted by Crippen LogP contribution is 2.33. The Kier molecular flexibility index (Phi) is 4.01. The zero-order valence-electron chi connectivity index (χ0n) is 10.1. The minimum atomic E-state index is -4.46. The normalized spacial score (nSPS) is 13.3. The van der Waals surface area contributed by atoms with Crippen LogP contribution in [-0.2, 0) is 6.18 Å². The van der Waals surface area contributed by atoms with E-state index in [4.69, 9.17) is 17.3 Å². The molecule has 0 spiro atoms. The molecule has 0 aliphatic rings. The number of hydrogen-bond donors (Lipinski definition) is 1. The molecule has 0 saturated carbocycles. The second-order valence-corrected chi connectivity index (χ2v) is 4.67. The van der Waals surface area contributed by atoms with Crippen LogP contribution in [0.15, 0.2) is 42.5 Å². The van der Waals surface area contributed by atoms with Gasteiger partial charge in [0.2, 0.25) is 0 Å². The van der Waals surface area contributed by atoms with Crippen LogP contribution in [0.2, 0.25) is 5.02 Å². The lowest BCUT2D eigenvalue weighted by molar-refractivity contribution is -0.137. The molecular formula is C14H10ClF4N. The molecule has 6 heteroatoms. The smallest absolute Gasteiger partial charge is 0.320 e. The van der Waals surface area contributed by atoms with E-state index in [0.717, 1.165) is 24.3 Å². The third-order valence-electron chi connectivity index (χ3n) is 2.87. The van der Waals surface area contributed by atoms with Crippen LogP contribution in [0.3, 0.4) is 0 Å². The topological polar surface area (TPSA) is 26.0 Å². The Morgan fingerprint density at radius 2 is 1.75 bits per heavy atom. The molecule has 0 bridgehead atoms. The summed E-state index contributed by atoms with van der Waals surface area (Å²) in [6.07, 6.45) is -4.46. The Labute approximate surface area is 118 Å². The Hall–Kier alpha value is -1.59. The van der Waals surface area contributed by atoms with Gasteiger partial charge < -0.3 is 5.73 Å². The van der Waals surface area contributed by atoms with Crippen LogP contribution >= 0.6 is 11.6 Å². The second-order valence-electron chi connectivity index (χ2n) is 4.27. The van der Waals surface area contributed by atoms with E-state index in [1.807, 2.05) is 0 Å². The van der Waals surface area contributed by atoms with Crippen molar-refractivity contribution in [3.05, 3.63) is 70.0 Å². The highest BCUT2D eigenvalue weighted by Gasteiger charge is 2.31. The maximum Gasteiger partial charge on any atom is 0.416 e. The van der Waals surface area contributed by atoms with Crippen LogP contribution in [0.4, 0.5) is 17.6 Å². The Balaban J connectivity index is 2.43. The second kappa shape index (κ2) is 5.42. The molecule has 0 amide bonds. The van der Waals surface area contributed by atoms with Crippen LogP contribution in [0, 0.1) is 5.82 Å². The van der Waals surface area contributed by atoms with Gasteiger partial charge in [-0.15, -0.1) is 0 Å². The standard InChI is InChI=1S/C14H10ClF4N/c15-12-5-4-10(16)7-11(12)13(20)8-2-1-3-9(6-8)14(17,18)19/h1-7,13H,20H2. The summed E-state index contributed by atoms with van der Waals surface area (Å²) in [6.45, 7) is 0. The molecule has 0 fully saturated rings. The molecule has 20 heavy (non-hydrogen) atoms. The van der Waals surface area contributed by atoms with E-state index >= 15 is 0 Å². The van der Waals surface area contributed by atoms with Crippen LogP contribution in [-0.4, -0.2) is 0 Å². The first kappa shape index (κ1) is 14.8. The van der Waals surface area contributed by atoms with Gasteiger partial charge in [0.05, 0.1) is 11.6 Å². The summed E-state index contributed by atoms with van der Waals surface area (Å²) >= 11 is 5.90. The Morgan fingerprint density at radius 3 is 2.40 bits per heavy atom.